The zero-order chi connectivity index (χ0) is 13.0. The van der Waals surface area contributed by atoms with Crippen LogP contribution in [0.4, 0.5) is 0 Å². The van der Waals surface area contributed by atoms with E-state index in [4.69, 9.17) is 11.6 Å². The first kappa shape index (κ1) is 14.4. The van der Waals surface area contributed by atoms with Crippen molar-refractivity contribution >= 4 is 27.5 Å². The predicted octanol–water partition coefficient (Wildman–Crippen LogP) is 5.33. The normalized spacial score (nSPS) is 18.8. The SMILES string of the molecule is CNC(CC1CCCCC1)c1cc(Br)ccc1Cl. The average molecular weight is 331 g/mol. The molecule has 18 heavy (non-hydrogen) atoms. The van der Waals surface area contributed by atoms with E-state index in [2.05, 4.69) is 27.3 Å². The van der Waals surface area contributed by atoms with Crippen LogP contribution >= 0.6 is 27.5 Å². The Kier molecular flexibility index (Phi) is 5.53. The fraction of sp³-hybridized carbons (Fsp3) is 0.600. The average Bonchev–Trinajstić information content (AvgIpc) is 2.40. The van der Waals surface area contributed by atoms with E-state index in [1.165, 1.54) is 44.1 Å². The molecule has 1 aromatic rings. The van der Waals surface area contributed by atoms with E-state index in [1.54, 1.807) is 0 Å². The number of benzene rings is 1. The third kappa shape index (κ3) is 3.72. The summed E-state index contributed by atoms with van der Waals surface area (Å²) in [4.78, 5) is 0. The molecule has 1 aliphatic carbocycles. The molecule has 0 saturated heterocycles. The number of rotatable bonds is 4. The highest BCUT2D eigenvalue weighted by Crippen LogP contribution is 2.35. The molecule has 3 heteroatoms. The van der Waals surface area contributed by atoms with Gasteiger partial charge in [0.25, 0.3) is 0 Å². The molecule has 1 N–H and O–H groups in total. The second-order valence-electron chi connectivity index (χ2n) is 5.25. The van der Waals surface area contributed by atoms with Crippen molar-refractivity contribution in [2.24, 2.45) is 5.92 Å². The molecule has 0 radical (unpaired) electrons. The maximum atomic E-state index is 6.33. The van der Waals surface area contributed by atoms with E-state index < -0.39 is 0 Å². The van der Waals surface area contributed by atoms with Crippen molar-refractivity contribution in [2.45, 2.75) is 44.6 Å². The molecule has 1 aromatic carbocycles. The van der Waals surface area contributed by atoms with Crippen LogP contribution < -0.4 is 5.32 Å². The lowest BCUT2D eigenvalue weighted by Crippen LogP contribution is -2.21. The molecule has 100 valence electrons. The highest BCUT2D eigenvalue weighted by Gasteiger charge is 2.20. The summed E-state index contributed by atoms with van der Waals surface area (Å²) in [5.74, 6) is 0.853. The van der Waals surface area contributed by atoms with E-state index >= 15 is 0 Å². The number of hydrogen-bond acceptors (Lipinski definition) is 1. The second-order valence-corrected chi connectivity index (χ2v) is 6.57. The van der Waals surface area contributed by atoms with Gasteiger partial charge in [-0.2, -0.15) is 0 Å². The molecule has 0 amide bonds. The van der Waals surface area contributed by atoms with Crippen molar-refractivity contribution < 1.29 is 0 Å². The molecule has 0 aromatic heterocycles. The van der Waals surface area contributed by atoms with Gasteiger partial charge in [-0.05, 0) is 43.1 Å². The standard InChI is InChI=1S/C15H21BrClN/c1-18-15(9-11-5-3-2-4-6-11)13-10-12(16)7-8-14(13)17/h7-8,10-11,15,18H,2-6,9H2,1H3. The molecule has 0 spiro atoms. The Morgan fingerprint density at radius 1 is 1.33 bits per heavy atom. The van der Waals surface area contributed by atoms with Crippen molar-refractivity contribution in [3.05, 3.63) is 33.3 Å². The van der Waals surface area contributed by atoms with Gasteiger partial charge in [0.15, 0.2) is 0 Å². The summed E-state index contributed by atoms with van der Waals surface area (Å²) in [5.41, 5.74) is 1.22. The number of nitrogens with one attached hydrogen (secondary N) is 1. The molecule has 1 saturated carbocycles. The number of halogens is 2. The number of hydrogen-bond donors (Lipinski definition) is 1. The predicted molar refractivity (Wildman–Crippen MR) is 82.1 cm³/mol. The van der Waals surface area contributed by atoms with Crippen LogP contribution in [0.25, 0.3) is 0 Å². The Morgan fingerprint density at radius 2 is 2.06 bits per heavy atom. The zero-order valence-corrected chi connectivity index (χ0v) is 13.2. The highest BCUT2D eigenvalue weighted by molar-refractivity contribution is 9.10. The van der Waals surface area contributed by atoms with Crippen LogP contribution in [0.5, 0.6) is 0 Å². The van der Waals surface area contributed by atoms with Gasteiger partial charge in [-0.1, -0.05) is 59.6 Å². The van der Waals surface area contributed by atoms with Crippen LogP contribution in [0, 0.1) is 5.92 Å². The van der Waals surface area contributed by atoms with Gasteiger partial charge in [0.2, 0.25) is 0 Å². The summed E-state index contributed by atoms with van der Waals surface area (Å²) in [6, 6.07) is 6.50. The first-order valence-electron chi connectivity index (χ1n) is 6.83. The molecule has 1 unspecified atom stereocenters. The summed E-state index contributed by atoms with van der Waals surface area (Å²) in [7, 11) is 2.03. The van der Waals surface area contributed by atoms with Gasteiger partial charge in [-0.3, -0.25) is 0 Å². The van der Waals surface area contributed by atoms with Gasteiger partial charge < -0.3 is 5.32 Å². The lowest BCUT2D eigenvalue weighted by atomic mass is 9.83. The summed E-state index contributed by atoms with van der Waals surface area (Å²) < 4.78 is 1.10. The fourth-order valence-corrected chi connectivity index (χ4v) is 3.57. The fourth-order valence-electron chi connectivity index (χ4n) is 2.94. The zero-order valence-electron chi connectivity index (χ0n) is 10.9. The van der Waals surface area contributed by atoms with Crippen molar-refractivity contribution in [1.29, 1.82) is 0 Å². The van der Waals surface area contributed by atoms with Crippen molar-refractivity contribution in [2.75, 3.05) is 7.05 Å². The highest BCUT2D eigenvalue weighted by atomic mass is 79.9. The van der Waals surface area contributed by atoms with Crippen molar-refractivity contribution in [1.82, 2.24) is 5.32 Å². The minimum atomic E-state index is 0.373. The lowest BCUT2D eigenvalue weighted by molar-refractivity contribution is 0.306. The van der Waals surface area contributed by atoms with Crippen LogP contribution in [0.1, 0.15) is 50.1 Å². The topological polar surface area (TPSA) is 12.0 Å². The maximum Gasteiger partial charge on any atom is 0.0454 e. The van der Waals surface area contributed by atoms with E-state index in [0.29, 0.717) is 6.04 Å². The Hall–Kier alpha value is -0.0500. The van der Waals surface area contributed by atoms with Gasteiger partial charge >= 0.3 is 0 Å². The molecule has 1 atom stereocenters. The van der Waals surface area contributed by atoms with Crippen molar-refractivity contribution in [3.63, 3.8) is 0 Å². The largest absolute Gasteiger partial charge is 0.313 e. The van der Waals surface area contributed by atoms with E-state index in [0.717, 1.165) is 15.4 Å². The van der Waals surface area contributed by atoms with Gasteiger partial charge in [0.05, 0.1) is 0 Å². The summed E-state index contributed by atoms with van der Waals surface area (Å²) >= 11 is 9.86. The van der Waals surface area contributed by atoms with Gasteiger partial charge in [0.1, 0.15) is 0 Å². The Balaban J connectivity index is 2.09. The molecule has 0 heterocycles. The first-order valence-corrected chi connectivity index (χ1v) is 8.00. The van der Waals surface area contributed by atoms with E-state index in [-0.39, 0.29) is 0 Å². The molecule has 0 bridgehead atoms. The van der Waals surface area contributed by atoms with E-state index in [1.807, 2.05) is 19.2 Å². The molecule has 1 nitrogen and oxygen atoms in total. The Bertz CT molecular complexity index is 388. The summed E-state index contributed by atoms with van der Waals surface area (Å²) in [5, 5.41) is 4.30. The van der Waals surface area contributed by atoms with Crippen LogP contribution in [0.2, 0.25) is 5.02 Å². The van der Waals surface area contributed by atoms with Gasteiger partial charge in [-0.25, -0.2) is 0 Å². The Labute approximate surface area is 123 Å². The van der Waals surface area contributed by atoms with Gasteiger partial charge in [0, 0.05) is 15.5 Å². The molecule has 2 rings (SSSR count). The van der Waals surface area contributed by atoms with E-state index in [9.17, 15) is 0 Å². The minimum Gasteiger partial charge on any atom is -0.313 e. The van der Waals surface area contributed by atoms with Crippen LogP contribution in [-0.2, 0) is 0 Å². The van der Waals surface area contributed by atoms with Crippen LogP contribution in [-0.4, -0.2) is 7.05 Å². The first-order chi connectivity index (χ1) is 8.70. The molecule has 1 fully saturated rings. The molecular formula is C15H21BrClN. The Morgan fingerprint density at radius 3 is 2.72 bits per heavy atom. The summed E-state index contributed by atoms with van der Waals surface area (Å²) in [6.45, 7) is 0. The maximum absolute atomic E-state index is 6.33. The van der Waals surface area contributed by atoms with Crippen LogP contribution in [0.3, 0.4) is 0 Å². The lowest BCUT2D eigenvalue weighted by Gasteiger charge is -2.27. The monoisotopic (exact) mass is 329 g/mol. The van der Waals surface area contributed by atoms with Crippen molar-refractivity contribution in [3.8, 4) is 0 Å². The quantitative estimate of drug-likeness (QED) is 0.786. The molecular weight excluding hydrogens is 310 g/mol. The second kappa shape index (κ2) is 6.93. The smallest absolute Gasteiger partial charge is 0.0454 e. The minimum absolute atomic E-state index is 0.373. The summed E-state index contributed by atoms with van der Waals surface area (Å²) in [6.07, 6.45) is 8.17. The van der Waals surface area contributed by atoms with Gasteiger partial charge in [-0.15, -0.1) is 0 Å². The third-order valence-electron chi connectivity index (χ3n) is 3.98. The molecule has 0 aliphatic heterocycles. The third-order valence-corrected chi connectivity index (χ3v) is 4.81. The molecule has 1 aliphatic rings. The van der Waals surface area contributed by atoms with Crippen LogP contribution in [0.15, 0.2) is 22.7 Å².